The topological polar surface area (TPSA) is 41.0 Å². The van der Waals surface area contributed by atoms with Crippen molar-refractivity contribution in [2.24, 2.45) is 0 Å². The Labute approximate surface area is 90.4 Å². The predicted octanol–water partition coefficient (Wildman–Crippen LogP) is 0.752. The molecule has 0 bridgehead atoms. The summed E-state index contributed by atoms with van der Waals surface area (Å²) in [7, 11) is 0. The number of fused-ring (bicyclic) bond motifs is 1. The van der Waals surface area contributed by atoms with Gasteiger partial charge in [-0.05, 0) is 6.54 Å². The number of hydrogen-bond donors (Lipinski definition) is 1. The van der Waals surface area contributed by atoms with Gasteiger partial charge in [0.05, 0.1) is 28.4 Å². The predicted molar refractivity (Wildman–Crippen MR) is 59.1 cm³/mol. The van der Waals surface area contributed by atoms with Gasteiger partial charge in [0.15, 0.2) is 0 Å². The summed E-state index contributed by atoms with van der Waals surface area (Å²) in [6.45, 7) is 5.00. The maximum Gasteiger partial charge on any atom is 0.280 e. The highest BCUT2D eigenvalue weighted by molar-refractivity contribution is 14.1. The van der Waals surface area contributed by atoms with Gasteiger partial charge in [-0.3, -0.25) is 14.8 Å². The molecule has 1 aliphatic heterocycles. The second-order valence-corrected chi connectivity index (χ2v) is 4.24. The zero-order valence-electron chi connectivity index (χ0n) is 7.51. The molecule has 2 rings (SSSR count). The van der Waals surface area contributed by atoms with Gasteiger partial charge in [-0.25, -0.2) is 0 Å². The fourth-order valence-corrected chi connectivity index (χ4v) is 2.28. The Bertz CT molecular complexity index is 368. The third kappa shape index (κ3) is 1.54. The van der Waals surface area contributed by atoms with Gasteiger partial charge < -0.3 is 0 Å². The van der Waals surface area contributed by atoms with Gasteiger partial charge >= 0.3 is 0 Å². The molecule has 0 amide bonds. The lowest BCUT2D eigenvalue weighted by Gasteiger charge is -2.23. The average molecular weight is 293 g/mol. The highest BCUT2D eigenvalue weighted by Gasteiger charge is 2.20. The summed E-state index contributed by atoms with van der Waals surface area (Å²) in [6.07, 6.45) is 0.967. The summed E-state index contributed by atoms with van der Waals surface area (Å²) >= 11 is 1.99. The first kappa shape index (κ1) is 9.26. The van der Waals surface area contributed by atoms with Crippen LogP contribution in [0.1, 0.15) is 18.2 Å². The van der Waals surface area contributed by atoms with Crippen LogP contribution in [0.15, 0.2) is 4.79 Å². The first-order valence-corrected chi connectivity index (χ1v) is 5.40. The van der Waals surface area contributed by atoms with Crippen molar-refractivity contribution in [1.82, 2.24) is 12.9 Å². The van der Waals surface area contributed by atoms with Crippen molar-refractivity contribution >= 4 is 22.9 Å². The molecule has 1 N–H and O–H groups in total. The number of aromatic nitrogens is 2. The van der Waals surface area contributed by atoms with Crippen molar-refractivity contribution in [3.63, 3.8) is 0 Å². The van der Waals surface area contributed by atoms with Gasteiger partial charge in [-0.15, -0.1) is 0 Å². The van der Waals surface area contributed by atoms with Crippen LogP contribution < -0.4 is 5.56 Å². The molecular weight excluding hydrogens is 281 g/mol. The third-order valence-electron chi connectivity index (χ3n) is 2.54. The number of hydrogen-bond acceptors (Lipinski definition) is 2. The Morgan fingerprint density at radius 1 is 1.62 bits per heavy atom. The molecule has 0 saturated carbocycles. The van der Waals surface area contributed by atoms with Crippen LogP contribution in [-0.4, -0.2) is 26.0 Å². The number of aromatic amines is 1. The molecular formula is C8H12IN3O. The summed E-state index contributed by atoms with van der Waals surface area (Å²) in [4.78, 5) is 13.9. The Hall–Kier alpha value is -0.300. The summed E-state index contributed by atoms with van der Waals surface area (Å²) in [5.74, 6) is 0. The van der Waals surface area contributed by atoms with Crippen molar-refractivity contribution < 1.29 is 0 Å². The van der Waals surface area contributed by atoms with Crippen LogP contribution in [0.5, 0.6) is 0 Å². The molecule has 0 saturated heterocycles. The molecule has 2 heterocycles. The van der Waals surface area contributed by atoms with Gasteiger partial charge in [0.1, 0.15) is 0 Å². The molecule has 0 fully saturated rings. The van der Waals surface area contributed by atoms with E-state index in [0.717, 1.165) is 37.3 Å². The number of halogens is 1. The minimum Gasteiger partial charge on any atom is -0.299 e. The van der Waals surface area contributed by atoms with Gasteiger partial charge in [0.25, 0.3) is 5.56 Å². The van der Waals surface area contributed by atoms with Crippen LogP contribution in [0, 0.1) is 0 Å². The summed E-state index contributed by atoms with van der Waals surface area (Å²) in [5, 5.41) is 3.07. The number of nitrogens with one attached hydrogen (secondary N) is 1. The third-order valence-corrected chi connectivity index (χ3v) is 3.22. The molecule has 1 aromatic heterocycles. The highest BCUT2D eigenvalue weighted by Crippen LogP contribution is 2.13. The van der Waals surface area contributed by atoms with Crippen molar-refractivity contribution in [3.8, 4) is 0 Å². The van der Waals surface area contributed by atoms with E-state index in [1.807, 2.05) is 22.9 Å². The van der Waals surface area contributed by atoms with Crippen LogP contribution >= 0.6 is 22.9 Å². The van der Waals surface area contributed by atoms with E-state index in [0.29, 0.717) is 0 Å². The van der Waals surface area contributed by atoms with Crippen LogP contribution in [0.3, 0.4) is 0 Å². The zero-order valence-corrected chi connectivity index (χ0v) is 9.67. The smallest absolute Gasteiger partial charge is 0.280 e. The van der Waals surface area contributed by atoms with Gasteiger partial charge in [-0.2, -0.15) is 2.90 Å². The molecule has 1 aromatic rings. The number of H-pyrrole nitrogens is 1. The molecule has 4 nitrogen and oxygen atoms in total. The van der Waals surface area contributed by atoms with Crippen LogP contribution in [0.25, 0.3) is 0 Å². The minimum absolute atomic E-state index is 0.119. The van der Waals surface area contributed by atoms with Crippen molar-refractivity contribution in [3.05, 3.63) is 21.6 Å². The highest BCUT2D eigenvalue weighted by atomic mass is 127. The van der Waals surface area contributed by atoms with Gasteiger partial charge in [0.2, 0.25) is 0 Å². The molecule has 0 aromatic carbocycles. The fraction of sp³-hybridized carbons (Fsp3) is 0.625. The fourth-order valence-electron chi connectivity index (χ4n) is 1.70. The Kier molecular flexibility index (Phi) is 2.46. The molecule has 0 aliphatic carbocycles. The average Bonchev–Trinajstić information content (AvgIpc) is 2.43. The van der Waals surface area contributed by atoms with Crippen LogP contribution in [0.2, 0.25) is 0 Å². The Morgan fingerprint density at radius 3 is 3.08 bits per heavy atom. The number of likely N-dealkylation sites (N-methyl/N-ethyl adjacent to an activating group) is 1. The Morgan fingerprint density at radius 2 is 2.38 bits per heavy atom. The molecule has 5 heteroatoms. The normalized spacial score (nSPS) is 17.4. The Balaban J connectivity index is 2.38. The van der Waals surface area contributed by atoms with E-state index in [1.54, 1.807) is 2.90 Å². The maximum absolute atomic E-state index is 11.6. The SMILES string of the molecule is CCN1CCc2[nH]n(I)c(=O)c2C1. The summed E-state index contributed by atoms with van der Waals surface area (Å²) in [5.41, 5.74) is 2.18. The second-order valence-electron chi connectivity index (χ2n) is 3.27. The first-order valence-electron chi connectivity index (χ1n) is 4.43. The molecule has 0 unspecified atom stereocenters. The standard InChI is InChI=1S/C8H12IN3O/c1-2-11-4-3-7-6(5-11)8(13)12(9)10-7/h10H,2-5H2,1H3. The lowest BCUT2D eigenvalue weighted by Crippen LogP contribution is -2.32. The zero-order chi connectivity index (χ0) is 9.42. The quantitative estimate of drug-likeness (QED) is 0.776. The second kappa shape index (κ2) is 3.45. The van der Waals surface area contributed by atoms with E-state index in [1.165, 1.54) is 0 Å². The molecule has 72 valence electrons. The lowest BCUT2D eigenvalue weighted by molar-refractivity contribution is 0.266. The maximum atomic E-state index is 11.6. The number of rotatable bonds is 1. The van der Waals surface area contributed by atoms with Crippen molar-refractivity contribution in [2.75, 3.05) is 13.1 Å². The first-order chi connectivity index (χ1) is 6.22. The molecule has 0 atom stereocenters. The van der Waals surface area contributed by atoms with Crippen molar-refractivity contribution in [2.45, 2.75) is 19.9 Å². The van der Waals surface area contributed by atoms with Gasteiger partial charge in [-0.1, -0.05) is 6.92 Å². The number of nitrogens with zero attached hydrogens (tertiary/aromatic N) is 2. The van der Waals surface area contributed by atoms with E-state index in [-0.39, 0.29) is 5.56 Å². The minimum atomic E-state index is 0.119. The summed E-state index contributed by atoms with van der Waals surface area (Å²) in [6, 6.07) is 0. The van der Waals surface area contributed by atoms with E-state index >= 15 is 0 Å². The van der Waals surface area contributed by atoms with Crippen molar-refractivity contribution in [1.29, 1.82) is 0 Å². The van der Waals surface area contributed by atoms with Crippen LogP contribution in [-0.2, 0) is 13.0 Å². The molecule has 13 heavy (non-hydrogen) atoms. The van der Waals surface area contributed by atoms with Crippen LogP contribution in [0.4, 0.5) is 0 Å². The van der Waals surface area contributed by atoms with E-state index in [9.17, 15) is 4.79 Å². The molecule has 0 spiro atoms. The van der Waals surface area contributed by atoms with E-state index in [2.05, 4.69) is 16.9 Å². The largest absolute Gasteiger partial charge is 0.299 e. The van der Waals surface area contributed by atoms with E-state index < -0.39 is 0 Å². The molecule has 1 aliphatic rings. The monoisotopic (exact) mass is 293 g/mol. The summed E-state index contributed by atoms with van der Waals surface area (Å²) < 4.78 is 1.54. The van der Waals surface area contributed by atoms with Gasteiger partial charge in [0, 0.05) is 25.2 Å². The van der Waals surface area contributed by atoms with E-state index in [4.69, 9.17) is 0 Å². The molecule has 0 radical (unpaired) electrons. The lowest BCUT2D eigenvalue weighted by atomic mass is 10.1.